The van der Waals surface area contributed by atoms with Gasteiger partial charge in [-0.15, -0.1) is 0 Å². The number of ether oxygens (including phenoxy) is 1. The maximum atomic E-state index is 5.99. The van der Waals surface area contributed by atoms with E-state index in [9.17, 15) is 0 Å². The lowest BCUT2D eigenvalue weighted by atomic mass is 10.3. The topological polar surface area (TPSA) is 61.0 Å². The van der Waals surface area contributed by atoms with Crippen molar-refractivity contribution in [1.82, 2.24) is 9.97 Å². The smallest absolute Gasteiger partial charge is 0.322 e. The van der Waals surface area contributed by atoms with E-state index in [1.54, 1.807) is 24.4 Å². The number of nitrogens with two attached hydrogens (primary N) is 1. The lowest BCUT2D eigenvalue weighted by molar-refractivity contribution is 0.439. The highest BCUT2D eigenvalue weighted by molar-refractivity contribution is 9.10. The molecular weight excluding hydrogens is 305 g/mol. The molecule has 0 saturated heterocycles. The molecule has 0 amide bonds. The van der Waals surface area contributed by atoms with Crippen molar-refractivity contribution in [2.75, 3.05) is 0 Å². The van der Waals surface area contributed by atoms with Gasteiger partial charge in [0, 0.05) is 17.2 Å². The zero-order valence-electron chi connectivity index (χ0n) is 8.73. The zero-order chi connectivity index (χ0) is 12.3. The summed E-state index contributed by atoms with van der Waals surface area (Å²) in [5.41, 5.74) is 6.20. The molecule has 0 atom stereocenters. The Morgan fingerprint density at radius 2 is 2.18 bits per heavy atom. The molecule has 0 saturated carbocycles. The minimum Gasteiger partial charge on any atom is -0.423 e. The van der Waals surface area contributed by atoms with E-state index in [1.807, 2.05) is 6.07 Å². The van der Waals surface area contributed by atoms with E-state index in [0.29, 0.717) is 23.0 Å². The molecule has 0 aliphatic carbocycles. The van der Waals surface area contributed by atoms with E-state index in [-0.39, 0.29) is 6.01 Å². The van der Waals surface area contributed by atoms with Crippen molar-refractivity contribution in [3.8, 4) is 11.8 Å². The molecule has 0 aliphatic rings. The van der Waals surface area contributed by atoms with Gasteiger partial charge in [-0.2, -0.15) is 4.98 Å². The van der Waals surface area contributed by atoms with E-state index in [0.717, 1.165) is 4.47 Å². The predicted molar refractivity (Wildman–Crippen MR) is 69.1 cm³/mol. The van der Waals surface area contributed by atoms with Gasteiger partial charge in [0.05, 0.1) is 10.7 Å². The molecule has 1 aromatic carbocycles. The van der Waals surface area contributed by atoms with Crippen molar-refractivity contribution in [3.05, 3.63) is 45.7 Å². The van der Waals surface area contributed by atoms with Crippen LogP contribution in [-0.2, 0) is 6.54 Å². The Kier molecular flexibility index (Phi) is 3.93. The van der Waals surface area contributed by atoms with Crippen LogP contribution < -0.4 is 10.5 Å². The number of hydrogen-bond donors (Lipinski definition) is 1. The lowest BCUT2D eigenvalue weighted by Crippen LogP contribution is -2.01. The summed E-state index contributed by atoms with van der Waals surface area (Å²) >= 11 is 9.33. The second-order valence-corrected chi connectivity index (χ2v) is 4.53. The van der Waals surface area contributed by atoms with Gasteiger partial charge in [0.15, 0.2) is 5.75 Å². The molecule has 0 fully saturated rings. The van der Waals surface area contributed by atoms with Crippen LogP contribution in [0, 0.1) is 0 Å². The fourth-order valence-corrected chi connectivity index (χ4v) is 1.69. The molecule has 1 heterocycles. The first-order valence-corrected chi connectivity index (χ1v) is 6.01. The third kappa shape index (κ3) is 3.15. The Bertz CT molecular complexity index is 536. The van der Waals surface area contributed by atoms with Gasteiger partial charge in [0.25, 0.3) is 0 Å². The first kappa shape index (κ1) is 12.3. The molecule has 2 aromatic rings. The second-order valence-electron chi connectivity index (χ2n) is 3.21. The first-order valence-electron chi connectivity index (χ1n) is 4.84. The summed E-state index contributed by atoms with van der Waals surface area (Å²) in [6.07, 6.45) is 1.59. The largest absolute Gasteiger partial charge is 0.423 e. The van der Waals surface area contributed by atoms with Gasteiger partial charge < -0.3 is 10.5 Å². The minimum atomic E-state index is 0.230. The number of aromatic nitrogens is 2. The van der Waals surface area contributed by atoms with Crippen LogP contribution in [-0.4, -0.2) is 9.97 Å². The van der Waals surface area contributed by atoms with Crippen molar-refractivity contribution in [2.45, 2.75) is 6.54 Å². The van der Waals surface area contributed by atoms with Crippen molar-refractivity contribution >= 4 is 27.5 Å². The Morgan fingerprint density at radius 3 is 2.94 bits per heavy atom. The average molecular weight is 315 g/mol. The van der Waals surface area contributed by atoms with Crippen LogP contribution >= 0.6 is 27.5 Å². The van der Waals surface area contributed by atoms with E-state index >= 15 is 0 Å². The average Bonchev–Trinajstić information content (AvgIpc) is 2.34. The van der Waals surface area contributed by atoms with Crippen LogP contribution in [0.4, 0.5) is 0 Å². The second kappa shape index (κ2) is 5.44. The Balaban J connectivity index is 2.27. The molecule has 0 bridgehead atoms. The number of nitrogens with zero attached hydrogens (tertiary/aromatic N) is 2. The van der Waals surface area contributed by atoms with E-state index in [1.165, 1.54) is 0 Å². The molecule has 0 unspecified atom stereocenters. The van der Waals surface area contributed by atoms with E-state index in [4.69, 9.17) is 22.1 Å². The maximum absolute atomic E-state index is 5.99. The van der Waals surface area contributed by atoms with Gasteiger partial charge >= 0.3 is 6.01 Å². The number of halogens is 2. The first-order chi connectivity index (χ1) is 8.19. The molecule has 17 heavy (non-hydrogen) atoms. The van der Waals surface area contributed by atoms with Crippen LogP contribution in [0.5, 0.6) is 11.8 Å². The fourth-order valence-electron chi connectivity index (χ4n) is 1.19. The number of benzene rings is 1. The van der Waals surface area contributed by atoms with E-state index < -0.39 is 0 Å². The highest BCUT2D eigenvalue weighted by atomic mass is 79.9. The summed E-state index contributed by atoms with van der Waals surface area (Å²) in [5.74, 6) is 0.496. The third-order valence-corrected chi connectivity index (χ3v) is 2.80. The minimum absolute atomic E-state index is 0.230. The van der Waals surface area contributed by atoms with Gasteiger partial charge in [-0.25, -0.2) is 4.98 Å². The summed E-state index contributed by atoms with van der Waals surface area (Å²) in [4.78, 5) is 8.12. The molecule has 1 aromatic heterocycles. The van der Waals surface area contributed by atoms with Crippen molar-refractivity contribution < 1.29 is 4.74 Å². The molecule has 88 valence electrons. The van der Waals surface area contributed by atoms with Crippen LogP contribution in [0.15, 0.2) is 34.9 Å². The SMILES string of the molecule is NCc1ccnc(Oc2cc(Br)ccc2Cl)n1. The van der Waals surface area contributed by atoms with Crippen molar-refractivity contribution in [2.24, 2.45) is 5.73 Å². The number of rotatable bonds is 3. The Morgan fingerprint density at radius 1 is 1.35 bits per heavy atom. The van der Waals surface area contributed by atoms with Gasteiger partial charge in [-0.05, 0) is 24.3 Å². The molecular formula is C11H9BrClN3O. The zero-order valence-corrected chi connectivity index (χ0v) is 11.1. The van der Waals surface area contributed by atoms with Crippen LogP contribution in [0.25, 0.3) is 0 Å². The van der Waals surface area contributed by atoms with Gasteiger partial charge in [-0.3, -0.25) is 0 Å². The van der Waals surface area contributed by atoms with Crippen LogP contribution in [0.1, 0.15) is 5.69 Å². The molecule has 0 radical (unpaired) electrons. The number of hydrogen-bond acceptors (Lipinski definition) is 4. The Labute approximate surface area is 112 Å². The fraction of sp³-hybridized carbons (Fsp3) is 0.0909. The lowest BCUT2D eigenvalue weighted by Gasteiger charge is -2.06. The van der Waals surface area contributed by atoms with Crippen LogP contribution in [0.3, 0.4) is 0 Å². The normalized spacial score (nSPS) is 10.3. The molecule has 0 aliphatic heterocycles. The maximum Gasteiger partial charge on any atom is 0.322 e. The summed E-state index contributed by atoms with van der Waals surface area (Å²) in [7, 11) is 0. The highest BCUT2D eigenvalue weighted by Gasteiger charge is 2.06. The van der Waals surface area contributed by atoms with Crippen molar-refractivity contribution in [1.29, 1.82) is 0 Å². The summed E-state index contributed by atoms with van der Waals surface area (Å²) in [6, 6.07) is 7.27. The molecule has 6 heteroatoms. The molecule has 0 spiro atoms. The summed E-state index contributed by atoms with van der Waals surface area (Å²) in [6.45, 7) is 0.338. The summed E-state index contributed by atoms with van der Waals surface area (Å²) < 4.78 is 6.36. The standard InChI is InChI=1S/C11H9BrClN3O/c12-7-1-2-9(13)10(5-7)17-11-15-4-3-8(6-14)16-11/h1-5H,6,14H2. The van der Waals surface area contributed by atoms with Gasteiger partial charge in [0.1, 0.15) is 0 Å². The summed E-state index contributed by atoms with van der Waals surface area (Å²) in [5, 5.41) is 0.495. The van der Waals surface area contributed by atoms with Gasteiger partial charge in [0.2, 0.25) is 0 Å². The van der Waals surface area contributed by atoms with Gasteiger partial charge in [-0.1, -0.05) is 27.5 Å². The van der Waals surface area contributed by atoms with Crippen LogP contribution in [0.2, 0.25) is 5.02 Å². The third-order valence-electron chi connectivity index (χ3n) is 1.99. The van der Waals surface area contributed by atoms with E-state index in [2.05, 4.69) is 25.9 Å². The monoisotopic (exact) mass is 313 g/mol. The quantitative estimate of drug-likeness (QED) is 0.945. The Hall–Kier alpha value is -1.17. The highest BCUT2D eigenvalue weighted by Crippen LogP contribution is 2.30. The molecule has 2 N–H and O–H groups in total. The molecule has 2 rings (SSSR count). The van der Waals surface area contributed by atoms with Crippen molar-refractivity contribution in [3.63, 3.8) is 0 Å². The predicted octanol–water partition coefficient (Wildman–Crippen LogP) is 3.14. The molecule has 4 nitrogen and oxygen atoms in total.